The lowest BCUT2D eigenvalue weighted by Gasteiger charge is -2.33. The predicted molar refractivity (Wildman–Crippen MR) is 60.8 cm³/mol. The molecular weight excluding hydrogens is 240 g/mol. The van der Waals surface area contributed by atoms with Gasteiger partial charge in [-0.3, -0.25) is 9.36 Å². The van der Waals surface area contributed by atoms with Crippen molar-refractivity contribution in [2.24, 2.45) is 16.5 Å². The van der Waals surface area contributed by atoms with Crippen LogP contribution >= 0.6 is 0 Å². The Morgan fingerprint density at radius 3 is 3.11 bits per heavy atom. The first-order chi connectivity index (χ1) is 8.61. The Morgan fingerprint density at radius 2 is 2.44 bits per heavy atom. The number of amides is 1. The Bertz CT molecular complexity index is 538. The third-order valence-electron chi connectivity index (χ3n) is 3.04. The summed E-state index contributed by atoms with van der Waals surface area (Å²) in [7, 11) is 0. The van der Waals surface area contributed by atoms with Crippen LogP contribution in [0.5, 0.6) is 0 Å². The van der Waals surface area contributed by atoms with Crippen LogP contribution < -0.4 is 16.8 Å². The molecule has 0 aliphatic carbocycles. The zero-order chi connectivity index (χ0) is 12.9. The number of rotatable bonds is 2. The number of amidine groups is 1. The van der Waals surface area contributed by atoms with E-state index in [1.165, 1.54) is 6.33 Å². The number of aliphatic hydroxyl groups excluding tert-OH is 1. The molecule has 0 fully saturated rings. The van der Waals surface area contributed by atoms with Gasteiger partial charge in [-0.05, 0) is 0 Å². The molecule has 1 amide bonds. The van der Waals surface area contributed by atoms with Crippen molar-refractivity contribution in [3.05, 3.63) is 12.0 Å². The van der Waals surface area contributed by atoms with Crippen molar-refractivity contribution in [1.29, 1.82) is 0 Å². The summed E-state index contributed by atoms with van der Waals surface area (Å²) in [6, 6.07) is -0.380. The highest BCUT2D eigenvalue weighted by molar-refractivity contribution is 5.96. The molecule has 2 aliphatic heterocycles. The zero-order valence-corrected chi connectivity index (χ0v) is 9.28. The van der Waals surface area contributed by atoms with Gasteiger partial charge in [0, 0.05) is 0 Å². The van der Waals surface area contributed by atoms with E-state index in [2.05, 4.69) is 15.3 Å². The number of aromatic nitrogens is 2. The molecule has 18 heavy (non-hydrogen) atoms. The number of carbonyl (C=O) groups is 1. The van der Waals surface area contributed by atoms with E-state index in [4.69, 9.17) is 16.2 Å². The number of nitrogens with one attached hydrogen (secondary N) is 1. The molecule has 0 saturated carbocycles. The number of aliphatic imine (C=N–C) groups is 1. The average Bonchev–Trinajstić information content (AvgIpc) is 2.89. The molecule has 2 aliphatic rings. The van der Waals surface area contributed by atoms with Crippen LogP contribution in [-0.2, 0) is 4.74 Å². The van der Waals surface area contributed by atoms with Crippen LogP contribution in [-0.4, -0.2) is 45.3 Å². The number of nitrogens with zero attached hydrogens (tertiary/aromatic N) is 3. The number of hydrogen-bond donors (Lipinski definition) is 4. The number of imidazole rings is 1. The first-order valence-electron chi connectivity index (χ1n) is 5.35. The van der Waals surface area contributed by atoms with Crippen molar-refractivity contribution < 1.29 is 14.6 Å². The molecule has 0 bridgehead atoms. The largest absolute Gasteiger partial charge is 0.455 e. The third-order valence-corrected chi connectivity index (χ3v) is 3.04. The minimum Gasteiger partial charge on any atom is -0.455 e. The summed E-state index contributed by atoms with van der Waals surface area (Å²) in [6.45, 7) is -0.187. The lowest BCUT2D eigenvalue weighted by molar-refractivity contribution is 0.0971. The fourth-order valence-electron chi connectivity index (χ4n) is 2.24. The van der Waals surface area contributed by atoms with E-state index >= 15 is 0 Å². The molecule has 3 heterocycles. The predicted octanol–water partition coefficient (Wildman–Crippen LogP) is -2.02. The summed E-state index contributed by atoms with van der Waals surface area (Å²) in [4.78, 5) is 19.3. The number of ether oxygens (including phenoxy) is 1. The summed E-state index contributed by atoms with van der Waals surface area (Å²) in [5.74, 6) is -0.230. The molecule has 0 spiro atoms. The topological polar surface area (TPSA) is 141 Å². The summed E-state index contributed by atoms with van der Waals surface area (Å²) in [5.41, 5.74) is 10.9. The second-order valence-corrected chi connectivity index (χ2v) is 4.11. The third kappa shape index (κ3) is 1.34. The van der Waals surface area contributed by atoms with Crippen LogP contribution in [0, 0.1) is 0 Å². The molecule has 0 radical (unpaired) electrons. The van der Waals surface area contributed by atoms with Gasteiger partial charge in [-0.2, -0.15) is 0 Å². The van der Waals surface area contributed by atoms with Crippen molar-refractivity contribution >= 4 is 17.7 Å². The number of carbonyl (C=O) groups excluding carboxylic acids is 1. The van der Waals surface area contributed by atoms with E-state index in [0.717, 1.165) is 0 Å². The molecule has 3 unspecified atom stereocenters. The van der Waals surface area contributed by atoms with Gasteiger partial charge in [0.05, 0.1) is 19.0 Å². The Balaban J connectivity index is 2.08. The maximum atomic E-state index is 11.2. The Kier molecular flexibility index (Phi) is 2.17. The van der Waals surface area contributed by atoms with Crippen LogP contribution in [0.4, 0.5) is 5.82 Å². The van der Waals surface area contributed by atoms with E-state index in [0.29, 0.717) is 5.82 Å². The maximum Gasteiger partial charge on any atom is 0.284 e. The number of aliphatic hydroxyl groups is 1. The van der Waals surface area contributed by atoms with E-state index < -0.39 is 24.2 Å². The highest BCUT2D eigenvalue weighted by Crippen LogP contribution is 2.35. The van der Waals surface area contributed by atoms with Crippen LogP contribution in [0.3, 0.4) is 0 Å². The monoisotopic (exact) mass is 252 g/mol. The van der Waals surface area contributed by atoms with E-state index in [1.54, 1.807) is 4.57 Å². The molecule has 3 atom stereocenters. The standard InChI is InChI=1S/C9H12N6O3/c10-6(17)4-7-13-3(1-16)5-8(14-9(11)18-5)15(7)2-12-4/h2-3,5,8,13,16H,1H2,(H2,10,17)(H2,11,14). The van der Waals surface area contributed by atoms with Gasteiger partial charge >= 0.3 is 0 Å². The molecule has 96 valence electrons. The highest BCUT2D eigenvalue weighted by Gasteiger charge is 2.43. The van der Waals surface area contributed by atoms with Gasteiger partial charge in [-0.25, -0.2) is 9.98 Å². The second-order valence-electron chi connectivity index (χ2n) is 4.11. The van der Waals surface area contributed by atoms with Crippen molar-refractivity contribution in [2.75, 3.05) is 11.9 Å². The molecule has 1 aromatic rings. The summed E-state index contributed by atoms with van der Waals surface area (Å²) >= 11 is 0. The van der Waals surface area contributed by atoms with Crippen LogP contribution in [0.15, 0.2) is 11.3 Å². The molecule has 1 aromatic heterocycles. The van der Waals surface area contributed by atoms with Gasteiger partial charge in [-0.15, -0.1) is 0 Å². The second kappa shape index (κ2) is 3.60. The minimum absolute atomic E-state index is 0.0485. The molecule has 9 heteroatoms. The van der Waals surface area contributed by atoms with Gasteiger partial charge in [0.15, 0.2) is 18.0 Å². The first kappa shape index (κ1) is 10.8. The smallest absolute Gasteiger partial charge is 0.284 e. The quantitative estimate of drug-likeness (QED) is 0.479. The lowest BCUT2D eigenvalue weighted by Crippen LogP contribution is -2.46. The fourth-order valence-corrected chi connectivity index (χ4v) is 2.24. The van der Waals surface area contributed by atoms with Gasteiger partial charge in [0.1, 0.15) is 5.82 Å². The van der Waals surface area contributed by atoms with Crippen molar-refractivity contribution in [3.8, 4) is 0 Å². The van der Waals surface area contributed by atoms with Crippen molar-refractivity contribution in [2.45, 2.75) is 18.3 Å². The Labute approximate surface area is 101 Å². The molecule has 3 rings (SSSR count). The molecule has 6 N–H and O–H groups in total. The van der Waals surface area contributed by atoms with Crippen molar-refractivity contribution in [3.63, 3.8) is 0 Å². The maximum absolute atomic E-state index is 11.2. The van der Waals surface area contributed by atoms with Gasteiger partial charge in [-0.1, -0.05) is 0 Å². The zero-order valence-electron chi connectivity index (χ0n) is 9.28. The van der Waals surface area contributed by atoms with E-state index in [1.807, 2.05) is 0 Å². The average molecular weight is 252 g/mol. The lowest BCUT2D eigenvalue weighted by atomic mass is 10.1. The number of fused-ring (bicyclic) bond motifs is 3. The number of anilines is 1. The number of nitrogens with two attached hydrogens (primary N) is 2. The van der Waals surface area contributed by atoms with Crippen LogP contribution in [0.1, 0.15) is 16.7 Å². The van der Waals surface area contributed by atoms with Gasteiger partial charge in [0.2, 0.25) is 0 Å². The normalized spacial score (nSPS) is 28.7. The van der Waals surface area contributed by atoms with E-state index in [-0.39, 0.29) is 18.3 Å². The SMILES string of the molecule is NC(=O)c1ncn2c1NC(CO)C1OC(N)=NC12. The van der Waals surface area contributed by atoms with E-state index in [9.17, 15) is 9.90 Å². The Morgan fingerprint density at radius 1 is 1.67 bits per heavy atom. The van der Waals surface area contributed by atoms with Gasteiger partial charge < -0.3 is 26.6 Å². The number of hydrogen-bond acceptors (Lipinski definition) is 7. The Hall–Kier alpha value is -2.29. The fraction of sp³-hybridized carbons (Fsp3) is 0.444. The summed E-state index contributed by atoms with van der Waals surface area (Å²) in [5, 5.41) is 12.3. The highest BCUT2D eigenvalue weighted by atomic mass is 16.5. The van der Waals surface area contributed by atoms with Crippen LogP contribution in [0.2, 0.25) is 0 Å². The number of primary amides is 1. The van der Waals surface area contributed by atoms with Crippen molar-refractivity contribution in [1.82, 2.24) is 9.55 Å². The summed E-state index contributed by atoms with van der Waals surface area (Å²) < 4.78 is 6.96. The van der Waals surface area contributed by atoms with Gasteiger partial charge in [0.25, 0.3) is 11.9 Å². The molecule has 0 aromatic carbocycles. The summed E-state index contributed by atoms with van der Waals surface area (Å²) in [6.07, 6.45) is 0.565. The van der Waals surface area contributed by atoms with Crippen LogP contribution in [0.25, 0.3) is 0 Å². The first-order valence-corrected chi connectivity index (χ1v) is 5.35. The molecular formula is C9H12N6O3. The molecule has 0 saturated heterocycles. The molecule has 9 nitrogen and oxygen atoms in total. The minimum atomic E-state index is -0.651.